The Morgan fingerprint density at radius 2 is 1.69 bits per heavy atom. The molecule has 0 saturated heterocycles. The molecule has 90 valence electrons. The van der Waals surface area contributed by atoms with Gasteiger partial charge in [-0.15, -0.1) is 0 Å². The monoisotopic (exact) mass is 223 g/mol. The minimum absolute atomic E-state index is 0.255. The maximum Gasteiger partial charge on any atom is 0.115 e. The van der Waals surface area contributed by atoms with E-state index in [-0.39, 0.29) is 11.3 Å². The lowest BCUT2D eigenvalue weighted by Crippen LogP contribution is -2.49. The molecule has 0 spiro atoms. The van der Waals surface area contributed by atoms with Crippen molar-refractivity contribution in [3.63, 3.8) is 0 Å². The van der Waals surface area contributed by atoms with Crippen molar-refractivity contribution >= 4 is 0 Å². The number of hydrogen-bond donors (Lipinski definition) is 2. The molecule has 0 saturated carbocycles. The van der Waals surface area contributed by atoms with Crippen molar-refractivity contribution in [2.45, 2.75) is 31.9 Å². The van der Waals surface area contributed by atoms with Gasteiger partial charge in [-0.1, -0.05) is 12.1 Å². The molecular formula is C13H21NO2. The Hall–Kier alpha value is -1.06. The minimum atomic E-state index is -0.438. The largest absolute Gasteiger partial charge is 0.508 e. The number of nitrogens with zero attached hydrogens (tertiary/aromatic N) is 1. The first-order valence-corrected chi connectivity index (χ1v) is 5.47. The van der Waals surface area contributed by atoms with Gasteiger partial charge in [0.2, 0.25) is 0 Å². The van der Waals surface area contributed by atoms with Crippen molar-refractivity contribution in [3.8, 4) is 5.75 Å². The maximum absolute atomic E-state index is 10.2. The Labute approximate surface area is 97.3 Å². The second kappa shape index (κ2) is 4.85. The van der Waals surface area contributed by atoms with Gasteiger partial charge in [0.15, 0.2) is 0 Å². The van der Waals surface area contributed by atoms with E-state index in [4.69, 9.17) is 5.11 Å². The second-order valence-corrected chi connectivity index (χ2v) is 4.93. The summed E-state index contributed by atoms with van der Waals surface area (Å²) < 4.78 is 0. The molecular weight excluding hydrogens is 202 g/mol. The number of hydrogen-bond acceptors (Lipinski definition) is 3. The molecule has 1 aromatic carbocycles. The molecule has 0 bridgehead atoms. The fraction of sp³-hybridized carbons (Fsp3) is 0.538. The van der Waals surface area contributed by atoms with Crippen molar-refractivity contribution < 1.29 is 10.2 Å². The predicted molar refractivity (Wildman–Crippen MR) is 65.6 cm³/mol. The third-order valence-corrected chi connectivity index (χ3v) is 3.33. The highest BCUT2D eigenvalue weighted by Crippen LogP contribution is 2.20. The molecule has 2 N–H and O–H groups in total. The molecule has 0 aliphatic heterocycles. The SMILES string of the molecule is CN(C)C(C)(C)C(O)Cc1ccc(O)cc1. The molecule has 0 fully saturated rings. The van der Waals surface area contributed by atoms with Crippen molar-refractivity contribution in [3.05, 3.63) is 29.8 Å². The second-order valence-electron chi connectivity index (χ2n) is 4.93. The van der Waals surface area contributed by atoms with Crippen LogP contribution in [-0.4, -0.2) is 40.9 Å². The Kier molecular flexibility index (Phi) is 3.94. The number of aromatic hydroxyl groups is 1. The number of phenols is 1. The van der Waals surface area contributed by atoms with Crippen molar-refractivity contribution in [1.29, 1.82) is 0 Å². The topological polar surface area (TPSA) is 43.7 Å². The maximum atomic E-state index is 10.2. The van der Waals surface area contributed by atoms with Crippen LogP contribution in [0.5, 0.6) is 5.75 Å². The molecule has 0 heterocycles. The Morgan fingerprint density at radius 1 is 1.19 bits per heavy atom. The molecule has 1 aromatic rings. The molecule has 0 aliphatic carbocycles. The Bertz CT molecular complexity index is 330. The average molecular weight is 223 g/mol. The van der Waals surface area contributed by atoms with Gasteiger partial charge < -0.3 is 15.1 Å². The average Bonchev–Trinajstić information content (AvgIpc) is 2.21. The summed E-state index contributed by atoms with van der Waals surface area (Å²) in [6.45, 7) is 4.02. The van der Waals surface area contributed by atoms with Crippen LogP contribution < -0.4 is 0 Å². The van der Waals surface area contributed by atoms with E-state index in [1.165, 1.54) is 0 Å². The third kappa shape index (κ3) is 2.97. The summed E-state index contributed by atoms with van der Waals surface area (Å²) in [5, 5.41) is 19.3. The number of rotatable bonds is 4. The lowest BCUT2D eigenvalue weighted by Gasteiger charge is -2.37. The molecule has 0 radical (unpaired) electrons. The van der Waals surface area contributed by atoms with Crippen LogP contribution in [0.15, 0.2) is 24.3 Å². The van der Waals surface area contributed by atoms with Gasteiger partial charge in [-0.25, -0.2) is 0 Å². The number of phenolic OH excluding ortho intramolecular Hbond substituents is 1. The van der Waals surface area contributed by atoms with Crippen molar-refractivity contribution in [1.82, 2.24) is 4.90 Å². The van der Waals surface area contributed by atoms with E-state index in [0.717, 1.165) is 5.56 Å². The molecule has 0 amide bonds. The summed E-state index contributed by atoms with van der Waals surface area (Å²) in [5.74, 6) is 0.255. The van der Waals surface area contributed by atoms with Gasteiger partial charge in [0.1, 0.15) is 5.75 Å². The molecule has 0 aromatic heterocycles. The summed E-state index contributed by atoms with van der Waals surface area (Å²) in [5.41, 5.74) is 0.762. The predicted octanol–water partition coefficient (Wildman–Crippen LogP) is 1.64. The van der Waals surface area contributed by atoms with Crippen molar-refractivity contribution in [2.75, 3.05) is 14.1 Å². The summed E-state index contributed by atoms with van der Waals surface area (Å²) in [6, 6.07) is 6.96. The standard InChI is InChI=1S/C13H21NO2/c1-13(2,14(3)4)12(16)9-10-5-7-11(15)8-6-10/h5-8,12,15-16H,9H2,1-4H3. The Balaban J connectivity index is 2.71. The van der Waals surface area contributed by atoms with E-state index in [2.05, 4.69) is 0 Å². The summed E-state index contributed by atoms with van der Waals surface area (Å²) in [6.07, 6.45) is 0.151. The molecule has 1 unspecified atom stereocenters. The minimum Gasteiger partial charge on any atom is -0.508 e. The zero-order valence-corrected chi connectivity index (χ0v) is 10.4. The lowest BCUT2D eigenvalue weighted by atomic mass is 9.91. The molecule has 16 heavy (non-hydrogen) atoms. The first kappa shape index (κ1) is 13.0. The van der Waals surface area contributed by atoms with Crippen LogP contribution in [0.2, 0.25) is 0 Å². The zero-order valence-electron chi connectivity index (χ0n) is 10.4. The van der Waals surface area contributed by atoms with Gasteiger partial charge in [0, 0.05) is 12.0 Å². The van der Waals surface area contributed by atoms with E-state index in [0.29, 0.717) is 6.42 Å². The van der Waals surface area contributed by atoms with Crippen LogP contribution in [-0.2, 0) is 6.42 Å². The fourth-order valence-corrected chi connectivity index (χ4v) is 1.40. The summed E-state index contributed by atoms with van der Waals surface area (Å²) in [4.78, 5) is 2.01. The van der Waals surface area contributed by atoms with E-state index in [9.17, 15) is 5.11 Å². The van der Waals surface area contributed by atoms with Crippen molar-refractivity contribution in [2.24, 2.45) is 0 Å². The Morgan fingerprint density at radius 3 is 2.12 bits per heavy atom. The lowest BCUT2D eigenvalue weighted by molar-refractivity contribution is 0.0182. The van der Waals surface area contributed by atoms with E-state index < -0.39 is 6.10 Å². The summed E-state index contributed by atoms with van der Waals surface area (Å²) >= 11 is 0. The van der Waals surface area contributed by atoms with Gasteiger partial charge in [-0.3, -0.25) is 0 Å². The van der Waals surface area contributed by atoms with Crippen LogP contribution in [0, 0.1) is 0 Å². The molecule has 1 rings (SSSR count). The van der Waals surface area contributed by atoms with Crippen LogP contribution in [0.1, 0.15) is 19.4 Å². The fourth-order valence-electron chi connectivity index (χ4n) is 1.40. The highest BCUT2D eigenvalue weighted by Gasteiger charge is 2.29. The normalized spacial score (nSPS) is 14.1. The highest BCUT2D eigenvalue weighted by molar-refractivity contribution is 5.26. The molecule has 0 aliphatic rings. The van der Waals surface area contributed by atoms with Gasteiger partial charge >= 0.3 is 0 Å². The van der Waals surface area contributed by atoms with E-state index in [1.807, 2.05) is 45.0 Å². The number of aliphatic hydroxyl groups is 1. The van der Waals surface area contributed by atoms with Crippen LogP contribution >= 0.6 is 0 Å². The number of likely N-dealkylation sites (N-methyl/N-ethyl adjacent to an activating group) is 1. The number of aliphatic hydroxyl groups excluding tert-OH is 1. The van der Waals surface area contributed by atoms with Gasteiger partial charge in [0.25, 0.3) is 0 Å². The number of benzene rings is 1. The van der Waals surface area contributed by atoms with E-state index in [1.54, 1.807) is 12.1 Å². The van der Waals surface area contributed by atoms with Gasteiger partial charge in [-0.2, -0.15) is 0 Å². The first-order chi connectivity index (χ1) is 7.34. The van der Waals surface area contributed by atoms with Crippen LogP contribution in [0.3, 0.4) is 0 Å². The van der Waals surface area contributed by atoms with Crippen LogP contribution in [0.25, 0.3) is 0 Å². The third-order valence-electron chi connectivity index (χ3n) is 3.33. The quantitative estimate of drug-likeness (QED) is 0.815. The van der Waals surface area contributed by atoms with Crippen LogP contribution in [0.4, 0.5) is 0 Å². The van der Waals surface area contributed by atoms with Gasteiger partial charge in [0.05, 0.1) is 6.10 Å². The zero-order chi connectivity index (χ0) is 12.3. The summed E-state index contributed by atoms with van der Waals surface area (Å²) in [7, 11) is 3.92. The first-order valence-electron chi connectivity index (χ1n) is 5.47. The molecule has 1 atom stereocenters. The highest BCUT2D eigenvalue weighted by atomic mass is 16.3. The molecule has 3 heteroatoms. The van der Waals surface area contributed by atoms with Gasteiger partial charge in [-0.05, 0) is 45.6 Å². The smallest absolute Gasteiger partial charge is 0.115 e. The van der Waals surface area contributed by atoms with E-state index >= 15 is 0 Å². The molecule has 3 nitrogen and oxygen atoms in total.